The lowest BCUT2D eigenvalue weighted by Crippen LogP contribution is -2.43. The minimum Gasteiger partial charge on any atom is -0.379 e. The summed E-state index contributed by atoms with van der Waals surface area (Å²) in [6, 6.07) is 0. The Balaban J connectivity index is 1.99. The quantitative estimate of drug-likeness (QED) is 0.329. The van der Waals surface area contributed by atoms with Crippen molar-refractivity contribution in [3.05, 3.63) is 0 Å². The number of carbonyl (C=O) groups is 1. The highest BCUT2D eigenvalue weighted by Gasteiger charge is 2.20. The Morgan fingerprint density at radius 1 is 1.21 bits per heavy atom. The Kier molecular flexibility index (Phi) is 9.71. The van der Waals surface area contributed by atoms with Gasteiger partial charge in [0.25, 0.3) is 0 Å². The molecule has 1 aliphatic heterocycles. The molecule has 0 aromatic carbocycles. The number of carbonyl (C=O) groups excluding carboxylic acids is 1. The molecule has 1 atom stereocenters. The second kappa shape index (κ2) is 11.3. The number of guanidine groups is 1. The molecule has 140 valence electrons. The molecule has 0 aliphatic carbocycles. The molecule has 0 spiro atoms. The van der Waals surface area contributed by atoms with Gasteiger partial charge in [-0.25, -0.2) is 0 Å². The predicted octanol–water partition coefficient (Wildman–Crippen LogP) is 0.899. The first-order valence-electron chi connectivity index (χ1n) is 8.85. The summed E-state index contributed by atoms with van der Waals surface area (Å²) in [6.07, 6.45) is 3.46. The molecule has 0 saturated carbocycles. The van der Waals surface area contributed by atoms with Crippen LogP contribution in [-0.2, 0) is 14.3 Å². The van der Waals surface area contributed by atoms with Crippen LogP contribution in [0, 0.1) is 5.41 Å². The van der Waals surface area contributed by atoms with Crippen molar-refractivity contribution in [1.29, 1.82) is 0 Å². The average molecular weight is 342 g/mol. The van der Waals surface area contributed by atoms with Gasteiger partial charge in [0.15, 0.2) is 5.96 Å². The van der Waals surface area contributed by atoms with Crippen LogP contribution in [0.2, 0.25) is 0 Å². The average Bonchev–Trinajstić information content (AvgIpc) is 3.04. The molecule has 1 saturated heterocycles. The van der Waals surface area contributed by atoms with Crippen molar-refractivity contribution in [2.75, 3.05) is 46.5 Å². The first-order chi connectivity index (χ1) is 11.4. The Hall–Kier alpha value is -1.34. The fourth-order valence-corrected chi connectivity index (χ4v) is 2.21. The number of nitrogens with one attached hydrogen (secondary N) is 3. The van der Waals surface area contributed by atoms with Crippen LogP contribution in [-0.4, -0.2) is 64.5 Å². The highest BCUT2D eigenvalue weighted by molar-refractivity contribution is 5.81. The molecular formula is C17H34N4O3. The van der Waals surface area contributed by atoms with Gasteiger partial charge in [-0.2, -0.15) is 0 Å². The lowest BCUT2D eigenvalue weighted by molar-refractivity contribution is -0.128. The molecule has 0 aromatic rings. The molecule has 1 amide bonds. The van der Waals surface area contributed by atoms with Crippen LogP contribution in [0.25, 0.3) is 0 Å². The number of hydrogen-bond acceptors (Lipinski definition) is 4. The Morgan fingerprint density at radius 2 is 1.92 bits per heavy atom. The van der Waals surface area contributed by atoms with Crippen LogP contribution >= 0.6 is 0 Å². The van der Waals surface area contributed by atoms with Gasteiger partial charge in [-0.1, -0.05) is 20.8 Å². The lowest BCUT2D eigenvalue weighted by atomic mass is 9.96. The number of rotatable bonds is 9. The van der Waals surface area contributed by atoms with E-state index in [2.05, 4.69) is 20.9 Å². The third-order valence-corrected chi connectivity index (χ3v) is 3.69. The van der Waals surface area contributed by atoms with Crippen LogP contribution < -0.4 is 16.0 Å². The molecule has 1 unspecified atom stereocenters. The minimum absolute atomic E-state index is 0.0515. The van der Waals surface area contributed by atoms with E-state index in [9.17, 15) is 4.79 Å². The molecule has 3 N–H and O–H groups in total. The van der Waals surface area contributed by atoms with E-state index in [1.54, 1.807) is 7.05 Å². The first kappa shape index (κ1) is 20.7. The van der Waals surface area contributed by atoms with Crippen molar-refractivity contribution >= 4 is 11.9 Å². The highest BCUT2D eigenvalue weighted by atomic mass is 16.5. The number of ether oxygens (including phenoxy) is 2. The van der Waals surface area contributed by atoms with Gasteiger partial charge in [0.1, 0.15) is 0 Å². The summed E-state index contributed by atoms with van der Waals surface area (Å²) in [7, 11) is 1.73. The topological polar surface area (TPSA) is 84.0 Å². The maximum Gasteiger partial charge on any atom is 0.225 e. The van der Waals surface area contributed by atoms with Gasteiger partial charge in [0.2, 0.25) is 5.91 Å². The highest BCUT2D eigenvalue weighted by Crippen LogP contribution is 2.12. The summed E-state index contributed by atoms with van der Waals surface area (Å²) in [5, 5.41) is 9.30. The van der Waals surface area contributed by atoms with Crippen LogP contribution in [0.5, 0.6) is 0 Å². The van der Waals surface area contributed by atoms with Crippen molar-refractivity contribution in [3.63, 3.8) is 0 Å². The van der Waals surface area contributed by atoms with Gasteiger partial charge in [0.05, 0.1) is 12.7 Å². The van der Waals surface area contributed by atoms with Gasteiger partial charge in [-0.15, -0.1) is 0 Å². The van der Waals surface area contributed by atoms with E-state index in [1.807, 2.05) is 20.8 Å². The van der Waals surface area contributed by atoms with E-state index in [0.29, 0.717) is 26.3 Å². The third kappa shape index (κ3) is 9.08. The van der Waals surface area contributed by atoms with Gasteiger partial charge in [-0.3, -0.25) is 9.79 Å². The van der Waals surface area contributed by atoms with Crippen LogP contribution in [0.15, 0.2) is 4.99 Å². The summed E-state index contributed by atoms with van der Waals surface area (Å²) in [4.78, 5) is 15.9. The molecule has 0 radical (unpaired) electrons. The monoisotopic (exact) mass is 342 g/mol. The number of hydrogen-bond donors (Lipinski definition) is 3. The van der Waals surface area contributed by atoms with Crippen LogP contribution in [0.3, 0.4) is 0 Å². The summed E-state index contributed by atoms with van der Waals surface area (Å²) < 4.78 is 11.1. The predicted molar refractivity (Wildman–Crippen MR) is 96.2 cm³/mol. The zero-order valence-electron chi connectivity index (χ0n) is 15.6. The fourth-order valence-electron chi connectivity index (χ4n) is 2.21. The molecule has 7 heteroatoms. The normalized spacial score (nSPS) is 18.5. The Bertz CT molecular complexity index is 388. The van der Waals surface area contributed by atoms with E-state index >= 15 is 0 Å². The van der Waals surface area contributed by atoms with E-state index < -0.39 is 0 Å². The third-order valence-electron chi connectivity index (χ3n) is 3.69. The van der Waals surface area contributed by atoms with Gasteiger partial charge < -0.3 is 25.4 Å². The minimum atomic E-state index is -0.358. The van der Waals surface area contributed by atoms with Crippen molar-refractivity contribution in [3.8, 4) is 0 Å². The fraction of sp³-hybridized carbons (Fsp3) is 0.882. The summed E-state index contributed by atoms with van der Waals surface area (Å²) >= 11 is 0. The Morgan fingerprint density at radius 3 is 2.54 bits per heavy atom. The molecule has 0 aromatic heterocycles. The van der Waals surface area contributed by atoms with Crippen LogP contribution in [0.1, 0.15) is 40.0 Å². The van der Waals surface area contributed by atoms with Crippen molar-refractivity contribution in [2.45, 2.75) is 46.1 Å². The van der Waals surface area contributed by atoms with E-state index in [1.165, 1.54) is 0 Å². The summed E-state index contributed by atoms with van der Waals surface area (Å²) in [5.41, 5.74) is -0.358. The van der Waals surface area contributed by atoms with Crippen molar-refractivity contribution < 1.29 is 14.3 Å². The first-order valence-corrected chi connectivity index (χ1v) is 8.85. The van der Waals surface area contributed by atoms with Gasteiger partial charge >= 0.3 is 0 Å². The maximum atomic E-state index is 11.7. The number of aliphatic imine (C=N–C) groups is 1. The zero-order chi connectivity index (χ0) is 17.8. The molecule has 0 bridgehead atoms. The number of nitrogens with zero attached hydrogens (tertiary/aromatic N) is 1. The smallest absolute Gasteiger partial charge is 0.225 e. The second-order valence-corrected chi connectivity index (χ2v) is 7.00. The standard InChI is InChI=1S/C17H34N4O3/c1-17(2,3)15(22)19-9-10-21-16(18-4)20-8-6-11-23-13-14-7-5-12-24-14/h14H,5-13H2,1-4H3,(H,19,22)(H2,18,20,21). The molecule has 1 heterocycles. The van der Waals surface area contributed by atoms with Gasteiger partial charge in [0, 0.05) is 45.3 Å². The summed E-state index contributed by atoms with van der Waals surface area (Å²) in [6.45, 7) is 9.98. The van der Waals surface area contributed by atoms with E-state index in [-0.39, 0.29) is 17.4 Å². The number of amides is 1. The lowest BCUT2D eigenvalue weighted by Gasteiger charge is -2.18. The van der Waals surface area contributed by atoms with E-state index in [0.717, 1.165) is 38.4 Å². The second-order valence-electron chi connectivity index (χ2n) is 7.00. The molecule has 1 fully saturated rings. The maximum absolute atomic E-state index is 11.7. The zero-order valence-corrected chi connectivity index (χ0v) is 15.6. The van der Waals surface area contributed by atoms with Crippen molar-refractivity contribution in [1.82, 2.24) is 16.0 Å². The SMILES string of the molecule is CN=C(NCCCOCC1CCCO1)NCCNC(=O)C(C)(C)C. The summed E-state index contributed by atoms with van der Waals surface area (Å²) in [5.74, 6) is 0.787. The molecule has 7 nitrogen and oxygen atoms in total. The molecule has 24 heavy (non-hydrogen) atoms. The molecular weight excluding hydrogens is 308 g/mol. The van der Waals surface area contributed by atoms with Crippen LogP contribution in [0.4, 0.5) is 0 Å². The van der Waals surface area contributed by atoms with Crippen molar-refractivity contribution in [2.24, 2.45) is 10.4 Å². The van der Waals surface area contributed by atoms with Gasteiger partial charge in [-0.05, 0) is 19.3 Å². The molecule has 1 aliphatic rings. The molecule has 1 rings (SSSR count). The Labute approximate surface area is 146 Å². The largest absolute Gasteiger partial charge is 0.379 e. The van der Waals surface area contributed by atoms with E-state index in [4.69, 9.17) is 9.47 Å².